The number of thioether (sulfide) groups is 1. The van der Waals surface area contributed by atoms with E-state index in [2.05, 4.69) is 22.9 Å². The standard InChI is InChI=1S/C13H13NO2S2/c1-10-8-16-13(14-10)17-9-12-6-5-11(18-12)4-2-3-7-15/h5-6,8,15H,3,7,9H2,1H3. The second-order valence-electron chi connectivity index (χ2n) is 3.58. The zero-order valence-electron chi connectivity index (χ0n) is 9.97. The number of aliphatic hydroxyl groups is 1. The van der Waals surface area contributed by atoms with Gasteiger partial charge in [0.2, 0.25) is 0 Å². The largest absolute Gasteiger partial charge is 0.440 e. The van der Waals surface area contributed by atoms with Gasteiger partial charge in [-0.05, 0) is 19.1 Å². The summed E-state index contributed by atoms with van der Waals surface area (Å²) in [7, 11) is 0. The van der Waals surface area contributed by atoms with Crippen LogP contribution in [0.25, 0.3) is 0 Å². The molecule has 0 radical (unpaired) electrons. The Hall–Kier alpha value is -1.22. The Bertz CT molecular complexity index is 563. The molecule has 1 N–H and O–H groups in total. The van der Waals surface area contributed by atoms with E-state index in [1.54, 1.807) is 29.4 Å². The van der Waals surface area contributed by atoms with E-state index in [1.165, 1.54) is 4.88 Å². The van der Waals surface area contributed by atoms with Gasteiger partial charge in [-0.15, -0.1) is 11.3 Å². The average molecular weight is 279 g/mol. The van der Waals surface area contributed by atoms with E-state index in [0.29, 0.717) is 11.6 Å². The summed E-state index contributed by atoms with van der Waals surface area (Å²) in [5.74, 6) is 6.78. The number of hydrogen-bond donors (Lipinski definition) is 1. The number of aliphatic hydroxyl groups excluding tert-OH is 1. The van der Waals surface area contributed by atoms with E-state index < -0.39 is 0 Å². The molecule has 0 unspecified atom stereocenters. The van der Waals surface area contributed by atoms with Crippen molar-refractivity contribution < 1.29 is 9.52 Å². The highest BCUT2D eigenvalue weighted by molar-refractivity contribution is 7.98. The van der Waals surface area contributed by atoms with Crippen LogP contribution in [0.1, 0.15) is 21.9 Å². The second kappa shape index (κ2) is 6.64. The van der Waals surface area contributed by atoms with Crippen LogP contribution in [0.15, 0.2) is 28.0 Å². The Labute approximate surface area is 114 Å². The van der Waals surface area contributed by atoms with Crippen molar-refractivity contribution in [2.45, 2.75) is 24.3 Å². The molecule has 2 aromatic heterocycles. The van der Waals surface area contributed by atoms with Crippen LogP contribution in [0.5, 0.6) is 0 Å². The zero-order chi connectivity index (χ0) is 12.8. The molecule has 0 saturated carbocycles. The summed E-state index contributed by atoms with van der Waals surface area (Å²) in [6, 6.07) is 4.07. The van der Waals surface area contributed by atoms with Gasteiger partial charge in [0.1, 0.15) is 6.26 Å². The zero-order valence-corrected chi connectivity index (χ0v) is 11.6. The van der Waals surface area contributed by atoms with Gasteiger partial charge in [-0.2, -0.15) is 0 Å². The van der Waals surface area contributed by atoms with Crippen molar-refractivity contribution in [2.24, 2.45) is 0 Å². The summed E-state index contributed by atoms with van der Waals surface area (Å²) >= 11 is 3.24. The quantitative estimate of drug-likeness (QED) is 0.690. The van der Waals surface area contributed by atoms with Crippen molar-refractivity contribution in [1.29, 1.82) is 0 Å². The Morgan fingerprint density at radius 1 is 1.50 bits per heavy atom. The van der Waals surface area contributed by atoms with Crippen LogP contribution in [0, 0.1) is 18.8 Å². The first-order valence-electron chi connectivity index (χ1n) is 5.51. The predicted octanol–water partition coefficient (Wildman–Crippen LogP) is 3.07. The van der Waals surface area contributed by atoms with Gasteiger partial charge in [0, 0.05) is 17.1 Å². The summed E-state index contributed by atoms with van der Waals surface area (Å²) in [6.07, 6.45) is 2.18. The molecular formula is C13H13NO2S2. The Balaban J connectivity index is 1.89. The Kier molecular flexibility index (Phi) is 4.88. The molecule has 0 fully saturated rings. The molecule has 0 amide bonds. The van der Waals surface area contributed by atoms with Crippen molar-refractivity contribution in [3.05, 3.63) is 33.8 Å². The van der Waals surface area contributed by atoms with Gasteiger partial charge in [0.05, 0.1) is 17.2 Å². The van der Waals surface area contributed by atoms with Crippen LogP contribution in [-0.4, -0.2) is 16.7 Å². The number of oxazole rings is 1. The molecule has 18 heavy (non-hydrogen) atoms. The third-order valence-corrected chi connectivity index (χ3v) is 4.12. The third-order valence-electron chi connectivity index (χ3n) is 2.05. The average Bonchev–Trinajstić information content (AvgIpc) is 2.96. The smallest absolute Gasteiger partial charge is 0.256 e. The monoisotopic (exact) mass is 279 g/mol. The van der Waals surface area contributed by atoms with E-state index in [0.717, 1.165) is 16.3 Å². The van der Waals surface area contributed by atoms with Crippen molar-refractivity contribution >= 4 is 23.1 Å². The lowest BCUT2D eigenvalue weighted by atomic mass is 10.4. The molecule has 0 aliphatic carbocycles. The molecule has 0 saturated heterocycles. The fourth-order valence-corrected chi connectivity index (χ4v) is 3.04. The first-order valence-corrected chi connectivity index (χ1v) is 7.31. The number of rotatable bonds is 4. The first-order chi connectivity index (χ1) is 8.78. The molecule has 5 heteroatoms. The normalized spacial score (nSPS) is 10.1. The maximum Gasteiger partial charge on any atom is 0.256 e. The maximum atomic E-state index is 8.64. The number of aromatic nitrogens is 1. The van der Waals surface area contributed by atoms with Gasteiger partial charge in [-0.25, -0.2) is 4.98 Å². The van der Waals surface area contributed by atoms with Gasteiger partial charge in [0.25, 0.3) is 5.22 Å². The van der Waals surface area contributed by atoms with Crippen LogP contribution >= 0.6 is 23.1 Å². The molecule has 3 nitrogen and oxygen atoms in total. The maximum absolute atomic E-state index is 8.64. The Morgan fingerprint density at radius 3 is 3.11 bits per heavy atom. The summed E-state index contributed by atoms with van der Waals surface area (Å²) < 4.78 is 5.27. The minimum atomic E-state index is 0.116. The van der Waals surface area contributed by atoms with E-state index in [4.69, 9.17) is 9.52 Å². The van der Waals surface area contributed by atoms with Gasteiger partial charge < -0.3 is 9.52 Å². The second-order valence-corrected chi connectivity index (χ2v) is 5.68. The highest BCUT2D eigenvalue weighted by Gasteiger charge is 2.04. The van der Waals surface area contributed by atoms with Crippen LogP contribution < -0.4 is 0 Å². The minimum absolute atomic E-state index is 0.116. The fourth-order valence-electron chi connectivity index (χ4n) is 1.26. The van der Waals surface area contributed by atoms with E-state index >= 15 is 0 Å². The fraction of sp³-hybridized carbons (Fsp3) is 0.308. The molecule has 0 atom stereocenters. The molecule has 0 bridgehead atoms. The Morgan fingerprint density at radius 2 is 2.39 bits per heavy atom. The van der Waals surface area contributed by atoms with Crippen molar-refractivity contribution in [2.75, 3.05) is 6.61 Å². The van der Waals surface area contributed by atoms with Crippen molar-refractivity contribution in [3.8, 4) is 11.8 Å². The highest BCUT2D eigenvalue weighted by atomic mass is 32.2. The van der Waals surface area contributed by atoms with E-state index in [9.17, 15) is 0 Å². The van der Waals surface area contributed by atoms with Crippen LogP contribution in [0.2, 0.25) is 0 Å². The summed E-state index contributed by atoms with van der Waals surface area (Å²) in [4.78, 5) is 6.51. The minimum Gasteiger partial charge on any atom is -0.440 e. The predicted molar refractivity (Wildman–Crippen MR) is 73.7 cm³/mol. The van der Waals surface area contributed by atoms with Crippen LogP contribution in [-0.2, 0) is 5.75 Å². The lowest BCUT2D eigenvalue weighted by molar-refractivity contribution is 0.305. The molecule has 0 aromatic carbocycles. The lowest BCUT2D eigenvalue weighted by Crippen LogP contribution is -1.75. The number of thiophene rings is 1. The topological polar surface area (TPSA) is 46.3 Å². The number of aryl methyl sites for hydroxylation is 1. The molecular weight excluding hydrogens is 266 g/mol. The third kappa shape index (κ3) is 3.91. The van der Waals surface area contributed by atoms with E-state index in [-0.39, 0.29) is 6.61 Å². The van der Waals surface area contributed by atoms with E-state index in [1.807, 2.05) is 13.0 Å². The van der Waals surface area contributed by atoms with Gasteiger partial charge in [-0.1, -0.05) is 23.6 Å². The highest BCUT2D eigenvalue weighted by Crippen LogP contribution is 2.26. The number of hydrogen-bond acceptors (Lipinski definition) is 5. The summed E-state index contributed by atoms with van der Waals surface area (Å²) in [5.41, 5.74) is 0.902. The molecule has 2 aromatic rings. The van der Waals surface area contributed by atoms with Gasteiger partial charge >= 0.3 is 0 Å². The molecule has 0 aliphatic heterocycles. The molecule has 2 heterocycles. The van der Waals surface area contributed by atoms with Gasteiger partial charge in [0.15, 0.2) is 0 Å². The van der Waals surface area contributed by atoms with Crippen molar-refractivity contribution in [3.63, 3.8) is 0 Å². The molecule has 0 spiro atoms. The van der Waals surface area contributed by atoms with Crippen LogP contribution in [0.3, 0.4) is 0 Å². The first kappa shape index (κ1) is 13.2. The molecule has 94 valence electrons. The van der Waals surface area contributed by atoms with Gasteiger partial charge in [-0.3, -0.25) is 0 Å². The number of nitrogens with zero attached hydrogens (tertiary/aromatic N) is 1. The molecule has 0 aliphatic rings. The summed E-state index contributed by atoms with van der Waals surface area (Å²) in [5, 5.41) is 9.34. The molecule has 2 rings (SSSR count). The van der Waals surface area contributed by atoms with Crippen molar-refractivity contribution in [1.82, 2.24) is 4.98 Å². The SMILES string of the molecule is Cc1coc(SCc2ccc(C#CCCO)s2)n1. The summed E-state index contributed by atoms with van der Waals surface area (Å²) in [6.45, 7) is 2.03. The van der Waals surface area contributed by atoms with Crippen LogP contribution in [0.4, 0.5) is 0 Å². The lowest BCUT2D eigenvalue weighted by Gasteiger charge is -1.91.